The van der Waals surface area contributed by atoms with Gasteiger partial charge in [0.2, 0.25) is 10.0 Å². The molecule has 0 saturated carbocycles. The summed E-state index contributed by atoms with van der Waals surface area (Å²) in [5.74, 6) is -0.856. The molecule has 0 bridgehead atoms. The van der Waals surface area contributed by atoms with Crippen molar-refractivity contribution in [2.24, 2.45) is 0 Å². The Balaban J connectivity index is 2.50. The van der Waals surface area contributed by atoms with E-state index in [4.69, 9.17) is 0 Å². The number of nitrogens with zero attached hydrogens (tertiary/aromatic N) is 2. The van der Waals surface area contributed by atoms with Crippen LogP contribution in [0.1, 0.15) is 27.2 Å². The summed E-state index contributed by atoms with van der Waals surface area (Å²) in [6.45, 7) is 8.41. The molecule has 0 amide bonds. The predicted octanol–water partition coefficient (Wildman–Crippen LogP) is -0.205. The van der Waals surface area contributed by atoms with Crippen molar-refractivity contribution in [3.8, 4) is 0 Å². The normalized spacial score (nSPS) is 21.4. The van der Waals surface area contributed by atoms with Gasteiger partial charge < -0.3 is 10.0 Å². The fraction of sp³-hybridized carbons (Fsp3) is 0.923. The SMILES string of the molecule is CC(C)NC(C)(CCN1CCN(S(C)(=O)=O)CC1)C(=O)O. The van der Waals surface area contributed by atoms with Gasteiger partial charge in [-0.1, -0.05) is 0 Å². The summed E-state index contributed by atoms with van der Waals surface area (Å²) in [5.41, 5.74) is -0.956. The first kappa shape index (κ1) is 18.3. The summed E-state index contributed by atoms with van der Waals surface area (Å²) in [7, 11) is -3.12. The average Bonchev–Trinajstić information content (AvgIpc) is 2.35. The minimum absolute atomic E-state index is 0.0909. The average molecular weight is 321 g/mol. The Morgan fingerprint density at radius 1 is 1.29 bits per heavy atom. The van der Waals surface area contributed by atoms with Crippen LogP contribution in [0.25, 0.3) is 0 Å². The second-order valence-electron chi connectivity index (χ2n) is 6.19. The largest absolute Gasteiger partial charge is 0.480 e. The second kappa shape index (κ2) is 7.04. The van der Waals surface area contributed by atoms with Crippen LogP contribution >= 0.6 is 0 Å². The van der Waals surface area contributed by atoms with Gasteiger partial charge in [0.05, 0.1) is 6.26 Å². The summed E-state index contributed by atoms with van der Waals surface area (Å²) in [6.07, 6.45) is 1.70. The number of sulfonamides is 1. The summed E-state index contributed by atoms with van der Waals surface area (Å²) in [6, 6.07) is 0.0909. The van der Waals surface area contributed by atoms with Gasteiger partial charge in [-0.25, -0.2) is 8.42 Å². The van der Waals surface area contributed by atoms with Crippen LogP contribution in [-0.2, 0) is 14.8 Å². The summed E-state index contributed by atoms with van der Waals surface area (Å²) in [5, 5.41) is 12.5. The molecule has 7 nitrogen and oxygen atoms in total. The van der Waals surface area contributed by atoms with Crippen LogP contribution in [0.15, 0.2) is 0 Å². The zero-order valence-electron chi connectivity index (χ0n) is 13.3. The molecule has 0 aliphatic carbocycles. The predicted molar refractivity (Wildman–Crippen MR) is 81.8 cm³/mol. The van der Waals surface area contributed by atoms with Gasteiger partial charge in [-0.2, -0.15) is 4.31 Å². The summed E-state index contributed by atoms with van der Waals surface area (Å²) < 4.78 is 24.3. The van der Waals surface area contributed by atoms with Crippen LogP contribution in [0, 0.1) is 0 Å². The van der Waals surface area contributed by atoms with Crippen LogP contribution in [0.4, 0.5) is 0 Å². The Morgan fingerprint density at radius 3 is 2.19 bits per heavy atom. The van der Waals surface area contributed by atoms with Gasteiger partial charge in [0.15, 0.2) is 0 Å². The first-order valence-corrected chi connectivity index (χ1v) is 9.08. The molecule has 0 radical (unpaired) electrons. The lowest BCUT2D eigenvalue weighted by Gasteiger charge is -2.36. The minimum atomic E-state index is -3.12. The van der Waals surface area contributed by atoms with Gasteiger partial charge in [0, 0.05) is 38.8 Å². The number of hydrogen-bond acceptors (Lipinski definition) is 5. The van der Waals surface area contributed by atoms with E-state index in [0.29, 0.717) is 39.1 Å². The van der Waals surface area contributed by atoms with Gasteiger partial charge in [-0.3, -0.25) is 10.1 Å². The van der Waals surface area contributed by atoms with E-state index < -0.39 is 21.5 Å². The zero-order chi connectivity index (χ0) is 16.3. The molecule has 0 aromatic heterocycles. The molecular formula is C13H27N3O4S. The van der Waals surface area contributed by atoms with Gasteiger partial charge in [0.25, 0.3) is 0 Å². The molecule has 1 atom stereocenters. The second-order valence-corrected chi connectivity index (χ2v) is 8.17. The van der Waals surface area contributed by atoms with Crippen molar-refractivity contribution in [3.63, 3.8) is 0 Å². The van der Waals surface area contributed by atoms with Crippen molar-refractivity contribution in [1.29, 1.82) is 0 Å². The smallest absolute Gasteiger partial charge is 0.323 e. The van der Waals surface area contributed by atoms with Crippen LogP contribution in [0.5, 0.6) is 0 Å². The number of carboxylic acids is 1. The molecule has 21 heavy (non-hydrogen) atoms. The maximum absolute atomic E-state index is 11.4. The molecule has 8 heteroatoms. The third-order valence-corrected chi connectivity index (χ3v) is 5.11. The lowest BCUT2D eigenvalue weighted by atomic mass is 9.96. The summed E-state index contributed by atoms with van der Waals surface area (Å²) in [4.78, 5) is 13.6. The molecule has 1 heterocycles. The lowest BCUT2D eigenvalue weighted by molar-refractivity contribution is -0.145. The molecule has 0 spiro atoms. The van der Waals surface area contributed by atoms with Crippen molar-refractivity contribution < 1.29 is 18.3 Å². The van der Waals surface area contributed by atoms with E-state index >= 15 is 0 Å². The maximum atomic E-state index is 11.4. The molecule has 124 valence electrons. The maximum Gasteiger partial charge on any atom is 0.323 e. The fourth-order valence-electron chi connectivity index (χ4n) is 2.54. The van der Waals surface area contributed by atoms with E-state index in [9.17, 15) is 18.3 Å². The van der Waals surface area contributed by atoms with Gasteiger partial charge in [-0.15, -0.1) is 0 Å². The highest BCUT2D eigenvalue weighted by Gasteiger charge is 2.34. The third-order valence-electron chi connectivity index (χ3n) is 3.81. The van der Waals surface area contributed by atoms with E-state index in [-0.39, 0.29) is 6.04 Å². The molecule has 1 unspecified atom stereocenters. The molecular weight excluding hydrogens is 294 g/mol. The number of aliphatic carboxylic acids is 1. The Labute approximate surface area is 127 Å². The molecule has 1 aliphatic heterocycles. The van der Waals surface area contributed by atoms with Gasteiger partial charge >= 0.3 is 5.97 Å². The van der Waals surface area contributed by atoms with Gasteiger partial charge in [-0.05, 0) is 27.2 Å². The third kappa shape index (κ3) is 5.54. The van der Waals surface area contributed by atoms with E-state index in [1.54, 1.807) is 6.92 Å². The summed E-state index contributed by atoms with van der Waals surface area (Å²) >= 11 is 0. The highest BCUT2D eigenvalue weighted by Crippen LogP contribution is 2.14. The first-order valence-electron chi connectivity index (χ1n) is 7.23. The molecule has 1 saturated heterocycles. The monoisotopic (exact) mass is 321 g/mol. The highest BCUT2D eigenvalue weighted by molar-refractivity contribution is 7.88. The van der Waals surface area contributed by atoms with Crippen molar-refractivity contribution in [3.05, 3.63) is 0 Å². The number of hydrogen-bond donors (Lipinski definition) is 2. The van der Waals surface area contributed by atoms with Crippen LogP contribution < -0.4 is 5.32 Å². The minimum Gasteiger partial charge on any atom is -0.480 e. The molecule has 1 aliphatic rings. The topological polar surface area (TPSA) is 90.0 Å². The standard InChI is InChI=1S/C13H27N3O4S/c1-11(2)14-13(3,12(17)18)5-6-15-7-9-16(10-8-15)21(4,19)20/h11,14H,5-10H2,1-4H3,(H,17,18). The molecule has 1 fully saturated rings. The number of carboxylic acid groups (broad SMARTS) is 1. The number of rotatable bonds is 7. The van der Waals surface area contributed by atoms with Crippen LogP contribution in [-0.4, -0.2) is 79.3 Å². The van der Waals surface area contributed by atoms with E-state index in [2.05, 4.69) is 10.2 Å². The Hall–Kier alpha value is -0.700. The molecule has 0 aromatic carbocycles. The number of carbonyl (C=O) groups is 1. The molecule has 1 rings (SSSR count). The van der Waals surface area contributed by atoms with Crippen molar-refractivity contribution in [2.45, 2.75) is 38.8 Å². The van der Waals surface area contributed by atoms with Crippen LogP contribution in [0.3, 0.4) is 0 Å². The Kier molecular flexibility index (Phi) is 6.15. The van der Waals surface area contributed by atoms with E-state index in [0.717, 1.165) is 0 Å². The first-order chi connectivity index (χ1) is 9.54. The van der Waals surface area contributed by atoms with E-state index in [1.165, 1.54) is 10.6 Å². The fourth-order valence-corrected chi connectivity index (χ4v) is 3.37. The molecule has 2 N–H and O–H groups in total. The van der Waals surface area contributed by atoms with Crippen molar-refractivity contribution in [1.82, 2.24) is 14.5 Å². The highest BCUT2D eigenvalue weighted by atomic mass is 32.2. The van der Waals surface area contributed by atoms with Crippen molar-refractivity contribution in [2.75, 3.05) is 39.0 Å². The number of piperazine rings is 1. The lowest BCUT2D eigenvalue weighted by Crippen LogP contribution is -2.55. The Morgan fingerprint density at radius 2 is 1.81 bits per heavy atom. The van der Waals surface area contributed by atoms with Crippen molar-refractivity contribution >= 4 is 16.0 Å². The Bertz CT molecular complexity index is 458. The molecule has 0 aromatic rings. The quantitative estimate of drug-likeness (QED) is 0.675. The van der Waals surface area contributed by atoms with Crippen LogP contribution in [0.2, 0.25) is 0 Å². The van der Waals surface area contributed by atoms with Gasteiger partial charge in [0.1, 0.15) is 5.54 Å². The van der Waals surface area contributed by atoms with E-state index in [1.807, 2.05) is 13.8 Å². The zero-order valence-corrected chi connectivity index (χ0v) is 14.1. The number of nitrogens with one attached hydrogen (secondary N) is 1.